The Bertz CT molecular complexity index is 1130. The Hall–Kier alpha value is -1.81. The van der Waals surface area contributed by atoms with Crippen LogP contribution in [-0.4, -0.2) is 30.0 Å². The molecule has 3 N–H and O–H groups in total. The Labute approximate surface area is 190 Å². The number of nitrogens with zero attached hydrogens (tertiary/aromatic N) is 1. The lowest BCUT2D eigenvalue weighted by atomic mass is 9.76. The van der Waals surface area contributed by atoms with Crippen LogP contribution in [0.5, 0.6) is 0 Å². The number of nitrogens with two attached hydrogens (primary N) is 1. The molecule has 2 aliphatic rings. The fourth-order valence-electron chi connectivity index (χ4n) is 4.84. The number of anilines is 1. The van der Waals surface area contributed by atoms with Crippen molar-refractivity contribution in [2.45, 2.75) is 52.6 Å². The lowest BCUT2D eigenvalue weighted by molar-refractivity contribution is -0.387. The van der Waals surface area contributed by atoms with E-state index in [2.05, 4.69) is 19.2 Å². The smallest absolute Gasteiger partial charge is 0.282 e. The Balaban J connectivity index is 1.73. The average molecular weight is 482 g/mol. The van der Waals surface area contributed by atoms with Gasteiger partial charge in [0.25, 0.3) is 5.69 Å². The number of thioether (sulfide) groups is 1. The van der Waals surface area contributed by atoms with Gasteiger partial charge in [-0.1, -0.05) is 26.0 Å². The van der Waals surface area contributed by atoms with Crippen molar-refractivity contribution < 1.29 is 13.3 Å². The van der Waals surface area contributed by atoms with Gasteiger partial charge in [0.2, 0.25) is 10.0 Å². The molecule has 1 saturated carbocycles. The highest BCUT2D eigenvalue weighted by Gasteiger charge is 2.50. The average Bonchev–Trinajstić information content (AvgIpc) is 3.02. The molecule has 0 saturated heterocycles. The minimum absolute atomic E-state index is 0.0510. The first-order chi connectivity index (χ1) is 14.6. The van der Waals surface area contributed by atoms with Crippen molar-refractivity contribution in [1.29, 1.82) is 0 Å². The maximum atomic E-state index is 11.9. The molecule has 2 aromatic rings. The first-order valence-corrected chi connectivity index (χ1v) is 12.9. The SMILES string of the molecule is CC(C)[C@@H]1Nc2ccc(S(N)(=O)=O)cc2[C@H]2[C@@H](Cl)[C@@H](Sc3ccccc3[N+](=O)[O-])C[C@H]21. The van der Waals surface area contributed by atoms with Gasteiger partial charge in [0, 0.05) is 29.0 Å². The number of hydrogen-bond acceptors (Lipinski definition) is 6. The molecular weight excluding hydrogens is 458 g/mol. The number of para-hydroxylation sites is 1. The zero-order chi connectivity index (χ0) is 22.5. The van der Waals surface area contributed by atoms with Crippen LogP contribution >= 0.6 is 23.4 Å². The molecule has 0 bridgehead atoms. The maximum Gasteiger partial charge on any atom is 0.282 e. The van der Waals surface area contributed by atoms with Crippen LogP contribution in [0.4, 0.5) is 11.4 Å². The van der Waals surface area contributed by atoms with Crippen molar-refractivity contribution in [2.75, 3.05) is 5.32 Å². The van der Waals surface area contributed by atoms with Crippen molar-refractivity contribution >= 4 is 44.8 Å². The zero-order valence-corrected chi connectivity index (χ0v) is 19.5. The van der Waals surface area contributed by atoms with Gasteiger partial charge >= 0.3 is 0 Å². The molecule has 1 heterocycles. The third-order valence-corrected chi connectivity index (χ3v) is 9.24. The molecule has 31 heavy (non-hydrogen) atoms. The molecule has 4 rings (SSSR count). The molecule has 10 heteroatoms. The van der Waals surface area contributed by atoms with E-state index in [1.54, 1.807) is 30.3 Å². The molecule has 2 aromatic carbocycles. The minimum Gasteiger partial charge on any atom is -0.382 e. The highest BCUT2D eigenvalue weighted by atomic mass is 35.5. The van der Waals surface area contributed by atoms with Crippen molar-refractivity contribution in [2.24, 2.45) is 17.0 Å². The molecule has 0 unspecified atom stereocenters. The summed E-state index contributed by atoms with van der Waals surface area (Å²) >= 11 is 8.43. The van der Waals surface area contributed by atoms with Crippen molar-refractivity contribution in [3.8, 4) is 0 Å². The summed E-state index contributed by atoms with van der Waals surface area (Å²) in [6, 6.07) is 11.7. The number of benzene rings is 2. The standard InChI is InChI=1S/C21H24ClN3O4S2/c1-11(2)21-14-10-18(30-17-6-4-3-5-16(17)25(26)27)20(22)19(14)13-9-12(31(23,28)29)7-8-15(13)24-21/h3-9,11,14,18-21,24H,10H2,1-2H3,(H2,23,28,29)/t14-,18+,19-,20+,21+/m1/s1. The van der Waals surface area contributed by atoms with Crippen LogP contribution in [0, 0.1) is 22.0 Å². The summed E-state index contributed by atoms with van der Waals surface area (Å²) in [7, 11) is -3.84. The van der Waals surface area contributed by atoms with E-state index in [0.29, 0.717) is 10.8 Å². The third-order valence-electron chi connectivity index (χ3n) is 6.22. The Morgan fingerprint density at radius 1 is 1.26 bits per heavy atom. The van der Waals surface area contributed by atoms with Crippen molar-refractivity contribution in [1.82, 2.24) is 0 Å². The fraction of sp³-hybridized carbons (Fsp3) is 0.429. The second-order valence-electron chi connectivity index (χ2n) is 8.46. The predicted octanol–water partition coefficient (Wildman–Crippen LogP) is 4.56. The van der Waals surface area contributed by atoms with Crippen LogP contribution in [0.2, 0.25) is 0 Å². The number of nitro benzene ring substituents is 1. The van der Waals surface area contributed by atoms with Gasteiger partial charge in [-0.3, -0.25) is 10.1 Å². The van der Waals surface area contributed by atoms with Gasteiger partial charge in [0.05, 0.1) is 20.1 Å². The van der Waals surface area contributed by atoms with E-state index in [-0.39, 0.29) is 44.0 Å². The Kier molecular flexibility index (Phi) is 5.97. The monoisotopic (exact) mass is 481 g/mol. The Morgan fingerprint density at radius 3 is 2.61 bits per heavy atom. The number of primary sulfonamides is 1. The second-order valence-corrected chi connectivity index (χ2v) is 11.8. The quantitative estimate of drug-likeness (QED) is 0.367. The normalized spacial score (nSPS) is 27.5. The number of halogens is 1. The summed E-state index contributed by atoms with van der Waals surface area (Å²) in [5, 5.41) is 20.0. The van der Waals surface area contributed by atoms with Gasteiger partial charge in [-0.2, -0.15) is 0 Å². The summed E-state index contributed by atoms with van der Waals surface area (Å²) in [6.45, 7) is 4.29. The molecule has 0 amide bonds. The molecular formula is C21H24ClN3O4S2. The van der Waals surface area contributed by atoms with Gasteiger partial charge in [0.1, 0.15) is 0 Å². The van der Waals surface area contributed by atoms with Gasteiger partial charge in [-0.25, -0.2) is 13.6 Å². The highest BCUT2D eigenvalue weighted by molar-refractivity contribution is 8.00. The molecule has 1 fully saturated rings. The zero-order valence-electron chi connectivity index (χ0n) is 17.1. The third kappa shape index (κ3) is 4.16. The number of fused-ring (bicyclic) bond motifs is 3. The van der Waals surface area contributed by atoms with E-state index in [9.17, 15) is 18.5 Å². The van der Waals surface area contributed by atoms with Crippen LogP contribution in [-0.2, 0) is 10.0 Å². The van der Waals surface area contributed by atoms with Gasteiger partial charge in [0.15, 0.2) is 0 Å². The minimum atomic E-state index is -3.84. The van der Waals surface area contributed by atoms with Crippen LogP contribution < -0.4 is 10.5 Å². The molecule has 1 aliphatic carbocycles. The van der Waals surface area contributed by atoms with E-state index in [4.69, 9.17) is 16.7 Å². The van der Waals surface area contributed by atoms with E-state index in [0.717, 1.165) is 17.7 Å². The van der Waals surface area contributed by atoms with Gasteiger partial charge in [-0.05, 0) is 48.1 Å². The lowest BCUT2D eigenvalue weighted by Gasteiger charge is -2.40. The van der Waals surface area contributed by atoms with Crippen LogP contribution in [0.25, 0.3) is 0 Å². The molecule has 0 radical (unpaired) electrons. The first kappa shape index (κ1) is 22.4. The number of alkyl halides is 1. The van der Waals surface area contributed by atoms with E-state index < -0.39 is 10.0 Å². The lowest BCUT2D eigenvalue weighted by Crippen LogP contribution is -2.40. The summed E-state index contributed by atoms with van der Waals surface area (Å²) in [6.07, 6.45) is 0.768. The van der Waals surface area contributed by atoms with E-state index >= 15 is 0 Å². The van der Waals surface area contributed by atoms with E-state index in [1.165, 1.54) is 23.9 Å². The molecule has 0 spiro atoms. The topological polar surface area (TPSA) is 115 Å². The number of rotatable bonds is 5. The number of nitrogens with one attached hydrogen (secondary N) is 1. The number of hydrogen-bond donors (Lipinski definition) is 2. The van der Waals surface area contributed by atoms with Crippen molar-refractivity contribution in [3.05, 3.63) is 58.1 Å². The first-order valence-electron chi connectivity index (χ1n) is 10.1. The van der Waals surface area contributed by atoms with Crippen molar-refractivity contribution in [3.63, 3.8) is 0 Å². The van der Waals surface area contributed by atoms with Gasteiger partial charge < -0.3 is 5.32 Å². The molecule has 0 aromatic heterocycles. The largest absolute Gasteiger partial charge is 0.382 e. The summed E-state index contributed by atoms with van der Waals surface area (Å²) < 4.78 is 23.9. The molecule has 7 nitrogen and oxygen atoms in total. The number of sulfonamides is 1. The van der Waals surface area contributed by atoms with Gasteiger partial charge in [-0.15, -0.1) is 23.4 Å². The highest BCUT2D eigenvalue weighted by Crippen LogP contribution is 2.56. The molecule has 166 valence electrons. The van der Waals surface area contributed by atoms with Crippen LogP contribution in [0.1, 0.15) is 31.7 Å². The number of nitro groups is 1. The second kappa shape index (κ2) is 8.27. The predicted molar refractivity (Wildman–Crippen MR) is 123 cm³/mol. The van der Waals surface area contributed by atoms with Crippen LogP contribution in [0.3, 0.4) is 0 Å². The maximum absolute atomic E-state index is 11.9. The summed E-state index contributed by atoms with van der Waals surface area (Å²) in [4.78, 5) is 11.7. The molecule has 1 aliphatic heterocycles. The molecule has 5 atom stereocenters. The summed E-state index contributed by atoms with van der Waals surface area (Å²) in [5.74, 6) is 0.426. The Morgan fingerprint density at radius 2 is 1.97 bits per heavy atom. The summed E-state index contributed by atoms with van der Waals surface area (Å²) in [5.41, 5.74) is 1.79. The fourth-order valence-corrected chi connectivity index (χ4v) is 7.33. The van der Waals surface area contributed by atoms with E-state index in [1.807, 2.05) is 0 Å². The van der Waals surface area contributed by atoms with Crippen LogP contribution in [0.15, 0.2) is 52.3 Å².